The summed E-state index contributed by atoms with van der Waals surface area (Å²) in [5.41, 5.74) is -0.448. The van der Waals surface area contributed by atoms with Crippen molar-refractivity contribution < 1.29 is 19.8 Å². The van der Waals surface area contributed by atoms with E-state index in [1.165, 1.54) is 24.3 Å². The quantitative estimate of drug-likeness (QED) is 0.529. The average molecular weight is 196 g/mol. The minimum atomic E-state index is -1.25. The smallest absolute Gasteiger partial charge is 0.336 e. The normalized spacial score (nSPS) is 13.3. The van der Waals surface area contributed by atoms with Crippen molar-refractivity contribution in [2.75, 3.05) is 0 Å². The van der Waals surface area contributed by atoms with E-state index in [2.05, 4.69) is 0 Å². The Labute approximate surface area is 81.9 Å². The van der Waals surface area contributed by atoms with Gasteiger partial charge < -0.3 is 10.2 Å². The van der Waals surface area contributed by atoms with E-state index >= 15 is 0 Å². The molecule has 0 radical (unpaired) electrons. The van der Waals surface area contributed by atoms with Gasteiger partial charge in [-0.05, 0) is 13.8 Å². The monoisotopic (exact) mass is 196 g/mol. The van der Waals surface area contributed by atoms with Gasteiger partial charge in [0.25, 0.3) is 0 Å². The molecule has 2 N–H and O–H groups in total. The molecule has 0 aromatic rings. The number of carboxylic acid groups (broad SMARTS) is 2. The lowest BCUT2D eigenvalue weighted by Crippen LogP contribution is -2.08. The maximum Gasteiger partial charge on any atom is 0.336 e. The summed E-state index contributed by atoms with van der Waals surface area (Å²) in [5, 5.41) is 17.5. The topological polar surface area (TPSA) is 74.6 Å². The van der Waals surface area contributed by atoms with E-state index in [4.69, 9.17) is 10.2 Å². The first-order valence-electron chi connectivity index (χ1n) is 4.00. The van der Waals surface area contributed by atoms with Crippen LogP contribution in [-0.4, -0.2) is 22.2 Å². The highest BCUT2D eigenvalue weighted by Gasteiger charge is 2.14. The molecule has 14 heavy (non-hydrogen) atoms. The highest BCUT2D eigenvalue weighted by molar-refractivity contribution is 6.02. The van der Waals surface area contributed by atoms with Gasteiger partial charge in [-0.1, -0.05) is 24.3 Å². The van der Waals surface area contributed by atoms with Crippen LogP contribution in [0.3, 0.4) is 0 Å². The van der Waals surface area contributed by atoms with Gasteiger partial charge in [0.05, 0.1) is 11.1 Å². The zero-order valence-electron chi connectivity index (χ0n) is 8.02. The molecule has 0 aliphatic heterocycles. The zero-order valence-corrected chi connectivity index (χ0v) is 8.02. The van der Waals surface area contributed by atoms with Crippen molar-refractivity contribution in [1.29, 1.82) is 0 Å². The van der Waals surface area contributed by atoms with Crippen molar-refractivity contribution in [1.82, 2.24) is 0 Å². The molecule has 0 saturated heterocycles. The molecule has 0 aliphatic carbocycles. The van der Waals surface area contributed by atoms with E-state index in [9.17, 15) is 9.59 Å². The average Bonchev–Trinajstić information content (AvgIpc) is 2.10. The van der Waals surface area contributed by atoms with E-state index in [0.29, 0.717) is 0 Å². The minimum Gasteiger partial charge on any atom is -0.478 e. The Balaban J connectivity index is 5.49. The SMILES string of the molecule is CC=CC(C(=O)O)=C(C=CC)C(=O)O. The second kappa shape index (κ2) is 5.75. The summed E-state index contributed by atoms with van der Waals surface area (Å²) in [6, 6.07) is 0. The van der Waals surface area contributed by atoms with Crippen molar-refractivity contribution in [3.05, 3.63) is 35.5 Å². The number of aliphatic carboxylic acids is 2. The summed E-state index contributed by atoms with van der Waals surface area (Å²) in [6.07, 6.45) is 5.48. The van der Waals surface area contributed by atoms with Gasteiger partial charge in [-0.15, -0.1) is 0 Å². The summed E-state index contributed by atoms with van der Waals surface area (Å²) < 4.78 is 0. The van der Waals surface area contributed by atoms with E-state index in [-0.39, 0.29) is 11.1 Å². The van der Waals surface area contributed by atoms with Crippen LogP contribution >= 0.6 is 0 Å². The Morgan fingerprint density at radius 1 is 0.857 bits per heavy atom. The molecule has 0 amide bonds. The standard InChI is InChI=1S/C10H12O4/c1-3-5-7(9(11)12)8(6-4-2)10(13)14/h3-6H,1-2H3,(H,11,12)(H,13,14). The first kappa shape index (κ1) is 12.2. The molecule has 0 bridgehead atoms. The van der Waals surface area contributed by atoms with Crippen molar-refractivity contribution >= 4 is 11.9 Å². The summed E-state index contributed by atoms with van der Waals surface area (Å²) >= 11 is 0. The van der Waals surface area contributed by atoms with Gasteiger partial charge in [-0.25, -0.2) is 9.59 Å². The van der Waals surface area contributed by atoms with E-state index < -0.39 is 11.9 Å². The Hall–Kier alpha value is -1.84. The predicted octanol–water partition coefficient (Wildman–Crippen LogP) is 1.60. The largest absolute Gasteiger partial charge is 0.478 e. The van der Waals surface area contributed by atoms with Gasteiger partial charge in [0.15, 0.2) is 0 Å². The van der Waals surface area contributed by atoms with Crippen LogP contribution < -0.4 is 0 Å². The van der Waals surface area contributed by atoms with Crippen LogP contribution in [0.15, 0.2) is 35.5 Å². The fraction of sp³-hybridized carbons (Fsp3) is 0.200. The van der Waals surface area contributed by atoms with Crippen molar-refractivity contribution in [3.63, 3.8) is 0 Å². The Morgan fingerprint density at radius 2 is 1.14 bits per heavy atom. The van der Waals surface area contributed by atoms with Gasteiger partial charge in [0, 0.05) is 0 Å². The van der Waals surface area contributed by atoms with Gasteiger partial charge in [0.2, 0.25) is 0 Å². The maximum absolute atomic E-state index is 10.7. The first-order chi connectivity index (χ1) is 6.54. The summed E-state index contributed by atoms with van der Waals surface area (Å²) in [5.74, 6) is -2.50. The van der Waals surface area contributed by atoms with Crippen molar-refractivity contribution in [2.45, 2.75) is 13.8 Å². The highest BCUT2D eigenvalue weighted by atomic mass is 16.4. The molecule has 76 valence electrons. The molecule has 0 heterocycles. The molecular weight excluding hydrogens is 184 g/mol. The zero-order chi connectivity index (χ0) is 11.1. The lowest BCUT2D eigenvalue weighted by Gasteiger charge is -1.99. The molecule has 4 heteroatoms. The molecular formula is C10H12O4. The van der Waals surface area contributed by atoms with Crippen molar-refractivity contribution in [2.24, 2.45) is 0 Å². The predicted molar refractivity (Wildman–Crippen MR) is 51.9 cm³/mol. The highest BCUT2D eigenvalue weighted by Crippen LogP contribution is 2.09. The molecule has 0 aliphatic rings. The molecule has 0 saturated carbocycles. The molecule has 0 rings (SSSR count). The summed E-state index contributed by atoms with van der Waals surface area (Å²) in [4.78, 5) is 21.4. The number of carboxylic acids is 2. The minimum absolute atomic E-state index is 0.224. The molecule has 0 atom stereocenters. The third-order valence-electron chi connectivity index (χ3n) is 1.42. The molecule has 0 spiro atoms. The Bertz CT molecular complexity index is 289. The molecule has 0 fully saturated rings. The summed E-state index contributed by atoms with van der Waals surface area (Å²) in [6.45, 7) is 3.25. The van der Waals surface area contributed by atoms with E-state index in [0.717, 1.165) is 0 Å². The Morgan fingerprint density at radius 3 is 1.29 bits per heavy atom. The van der Waals surface area contributed by atoms with Crippen LogP contribution in [-0.2, 0) is 9.59 Å². The Kier molecular flexibility index (Phi) is 4.99. The van der Waals surface area contributed by atoms with Crippen LogP contribution in [0.2, 0.25) is 0 Å². The van der Waals surface area contributed by atoms with Crippen LogP contribution in [0.1, 0.15) is 13.8 Å². The van der Waals surface area contributed by atoms with Crippen LogP contribution in [0, 0.1) is 0 Å². The number of allylic oxidation sites excluding steroid dienone is 2. The number of carbonyl (C=O) groups is 2. The van der Waals surface area contributed by atoms with Gasteiger partial charge >= 0.3 is 11.9 Å². The fourth-order valence-electron chi connectivity index (χ4n) is 0.886. The summed E-state index contributed by atoms with van der Waals surface area (Å²) in [7, 11) is 0. The number of hydrogen-bond acceptors (Lipinski definition) is 2. The maximum atomic E-state index is 10.7. The fourth-order valence-corrected chi connectivity index (χ4v) is 0.886. The molecule has 0 aromatic heterocycles. The van der Waals surface area contributed by atoms with Crippen LogP contribution in [0.4, 0.5) is 0 Å². The van der Waals surface area contributed by atoms with Gasteiger partial charge in [-0.2, -0.15) is 0 Å². The second-order valence-corrected chi connectivity index (χ2v) is 2.44. The molecule has 4 nitrogen and oxygen atoms in total. The lowest BCUT2D eigenvalue weighted by atomic mass is 10.1. The van der Waals surface area contributed by atoms with Gasteiger partial charge in [-0.3, -0.25) is 0 Å². The first-order valence-corrected chi connectivity index (χ1v) is 4.00. The second-order valence-electron chi connectivity index (χ2n) is 2.44. The molecule has 0 unspecified atom stereocenters. The number of rotatable bonds is 4. The van der Waals surface area contributed by atoms with Gasteiger partial charge in [0.1, 0.15) is 0 Å². The number of hydrogen-bond donors (Lipinski definition) is 2. The van der Waals surface area contributed by atoms with Crippen molar-refractivity contribution in [3.8, 4) is 0 Å². The third kappa shape index (κ3) is 3.26. The van der Waals surface area contributed by atoms with E-state index in [1.54, 1.807) is 13.8 Å². The third-order valence-corrected chi connectivity index (χ3v) is 1.42. The van der Waals surface area contributed by atoms with Crippen LogP contribution in [0.5, 0.6) is 0 Å². The van der Waals surface area contributed by atoms with E-state index in [1.807, 2.05) is 0 Å². The van der Waals surface area contributed by atoms with Crippen LogP contribution in [0.25, 0.3) is 0 Å². The molecule has 0 aromatic carbocycles. The lowest BCUT2D eigenvalue weighted by molar-refractivity contribution is -0.135.